The number of fused-ring (bicyclic) bond motifs is 1. The van der Waals surface area contributed by atoms with Crippen molar-refractivity contribution in [2.75, 3.05) is 0 Å². The summed E-state index contributed by atoms with van der Waals surface area (Å²) in [6.07, 6.45) is 1.08. The van der Waals surface area contributed by atoms with E-state index in [1.54, 1.807) is 6.07 Å². The van der Waals surface area contributed by atoms with Gasteiger partial charge in [-0.1, -0.05) is 28.1 Å². The highest BCUT2D eigenvalue weighted by atomic mass is 79.9. The summed E-state index contributed by atoms with van der Waals surface area (Å²) in [6, 6.07) is 13.9. The van der Waals surface area contributed by atoms with E-state index in [1.807, 2.05) is 35.7 Å². The van der Waals surface area contributed by atoms with E-state index in [4.69, 9.17) is 10.1 Å². The van der Waals surface area contributed by atoms with Gasteiger partial charge in [-0.25, -0.2) is 9.37 Å². The van der Waals surface area contributed by atoms with Crippen LogP contribution in [-0.4, -0.2) is 16.2 Å². The Morgan fingerprint density at radius 3 is 2.77 bits per heavy atom. The topological polar surface area (TPSA) is 58.9 Å². The van der Waals surface area contributed by atoms with E-state index < -0.39 is 5.82 Å². The Labute approximate surface area is 161 Å². The summed E-state index contributed by atoms with van der Waals surface area (Å²) >= 11 is 4.88. The first-order valence-corrected chi connectivity index (χ1v) is 9.30. The maximum absolute atomic E-state index is 14.3. The molecule has 2 aromatic carbocycles. The SMILES string of the molecule is N=Cc1ccc(Oc2nc(-c3cccc(Br)c3)nc3ccsc23)c(F)c1. The molecule has 26 heavy (non-hydrogen) atoms. The van der Waals surface area contributed by atoms with Gasteiger partial charge in [-0.05, 0) is 47.3 Å². The lowest BCUT2D eigenvalue weighted by Gasteiger charge is -2.09. The van der Waals surface area contributed by atoms with Crippen LogP contribution in [0.25, 0.3) is 21.6 Å². The van der Waals surface area contributed by atoms with Gasteiger partial charge >= 0.3 is 0 Å². The number of hydrogen-bond donors (Lipinski definition) is 1. The van der Waals surface area contributed by atoms with Crippen molar-refractivity contribution in [3.8, 4) is 23.0 Å². The third-order valence-electron chi connectivity index (χ3n) is 3.68. The fraction of sp³-hybridized carbons (Fsp3) is 0. The van der Waals surface area contributed by atoms with Crippen LogP contribution in [0.4, 0.5) is 4.39 Å². The molecule has 0 spiro atoms. The predicted molar refractivity (Wildman–Crippen MR) is 105 cm³/mol. The Morgan fingerprint density at radius 2 is 2.00 bits per heavy atom. The number of rotatable bonds is 4. The number of nitrogens with zero attached hydrogens (tertiary/aromatic N) is 2. The molecule has 0 saturated heterocycles. The molecule has 0 amide bonds. The molecule has 0 fully saturated rings. The average Bonchev–Trinajstić information content (AvgIpc) is 3.12. The van der Waals surface area contributed by atoms with Crippen molar-refractivity contribution in [3.63, 3.8) is 0 Å². The molecular formula is C19H11BrFN3OS. The number of aromatic nitrogens is 2. The van der Waals surface area contributed by atoms with Crippen LogP contribution < -0.4 is 4.74 Å². The molecule has 0 radical (unpaired) electrons. The minimum atomic E-state index is -0.543. The highest BCUT2D eigenvalue weighted by molar-refractivity contribution is 9.10. The first kappa shape index (κ1) is 16.8. The van der Waals surface area contributed by atoms with Crippen LogP contribution >= 0.6 is 27.3 Å². The third-order valence-corrected chi connectivity index (χ3v) is 5.07. The normalized spacial score (nSPS) is 10.8. The van der Waals surface area contributed by atoms with Gasteiger partial charge in [0.05, 0.1) is 5.52 Å². The lowest BCUT2D eigenvalue weighted by Crippen LogP contribution is -1.96. The van der Waals surface area contributed by atoms with Crippen molar-refractivity contribution < 1.29 is 9.13 Å². The van der Waals surface area contributed by atoms with Crippen LogP contribution in [0, 0.1) is 11.2 Å². The molecule has 0 unspecified atom stereocenters. The smallest absolute Gasteiger partial charge is 0.241 e. The molecule has 0 atom stereocenters. The van der Waals surface area contributed by atoms with Crippen LogP contribution in [0.2, 0.25) is 0 Å². The molecule has 4 aromatic rings. The largest absolute Gasteiger partial charge is 0.434 e. The van der Waals surface area contributed by atoms with Crippen molar-refractivity contribution in [2.24, 2.45) is 0 Å². The third kappa shape index (κ3) is 3.23. The van der Waals surface area contributed by atoms with Crippen LogP contribution in [0.5, 0.6) is 11.6 Å². The molecular weight excluding hydrogens is 417 g/mol. The van der Waals surface area contributed by atoms with Crippen LogP contribution in [-0.2, 0) is 0 Å². The zero-order valence-corrected chi connectivity index (χ0v) is 15.6. The molecule has 0 aliphatic rings. The minimum Gasteiger partial charge on any atom is -0.434 e. The maximum atomic E-state index is 14.3. The highest BCUT2D eigenvalue weighted by Gasteiger charge is 2.15. The van der Waals surface area contributed by atoms with Gasteiger partial charge in [0.2, 0.25) is 5.88 Å². The highest BCUT2D eigenvalue weighted by Crippen LogP contribution is 2.34. The van der Waals surface area contributed by atoms with E-state index >= 15 is 0 Å². The summed E-state index contributed by atoms with van der Waals surface area (Å²) < 4.78 is 21.7. The van der Waals surface area contributed by atoms with Crippen LogP contribution in [0.15, 0.2) is 58.4 Å². The van der Waals surface area contributed by atoms with Crippen LogP contribution in [0.1, 0.15) is 5.56 Å². The summed E-state index contributed by atoms with van der Waals surface area (Å²) in [4.78, 5) is 9.08. The van der Waals surface area contributed by atoms with Crippen molar-refractivity contribution >= 4 is 43.7 Å². The monoisotopic (exact) mass is 427 g/mol. The van der Waals surface area contributed by atoms with Gasteiger partial charge in [-0.2, -0.15) is 4.98 Å². The fourth-order valence-corrected chi connectivity index (χ4v) is 3.61. The van der Waals surface area contributed by atoms with Gasteiger partial charge < -0.3 is 10.1 Å². The number of nitrogens with one attached hydrogen (secondary N) is 1. The fourth-order valence-electron chi connectivity index (χ4n) is 2.46. The van der Waals surface area contributed by atoms with Crippen LogP contribution in [0.3, 0.4) is 0 Å². The van der Waals surface area contributed by atoms with Crippen molar-refractivity contribution in [3.05, 3.63) is 69.8 Å². The number of halogens is 2. The molecule has 4 nitrogen and oxygen atoms in total. The first-order valence-electron chi connectivity index (χ1n) is 7.63. The molecule has 0 aliphatic carbocycles. The number of hydrogen-bond acceptors (Lipinski definition) is 5. The lowest BCUT2D eigenvalue weighted by molar-refractivity contribution is 0.433. The molecule has 128 valence electrons. The zero-order valence-electron chi connectivity index (χ0n) is 13.2. The maximum Gasteiger partial charge on any atom is 0.241 e. The van der Waals surface area contributed by atoms with Gasteiger partial charge in [0.1, 0.15) is 4.70 Å². The Hall–Kier alpha value is -2.64. The van der Waals surface area contributed by atoms with E-state index in [2.05, 4.69) is 25.9 Å². The minimum absolute atomic E-state index is 0.0594. The van der Waals surface area contributed by atoms with Crippen molar-refractivity contribution in [1.29, 1.82) is 5.41 Å². The standard InChI is InChI=1S/C19H11BrFN3OS/c20-13-3-1-2-12(9-13)18-23-15-6-7-26-17(15)19(24-18)25-16-5-4-11(10-22)8-14(16)21/h1-10,22H. The van der Waals surface area contributed by atoms with Crippen molar-refractivity contribution in [1.82, 2.24) is 9.97 Å². The Balaban J connectivity index is 1.81. The summed E-state index contributed by atoms with van der Waals surface area (Å²) in [6.45, 7) is 0. The predicted octanol–water partition coefficient (Wildman–Crippen LogP) is 6.05. The van der Waals surface area contributed by atoms with E-state index in [-0.39, 0.29) is 5.75 Å². The molecule has 0 bridgehead atoms. The first-order chi connectivity index (χ1) is 12.6. The Morgan fingerprint density at radius 1 is 1.12 bits per heavy atom. The number of ether oxygens (including phenoxy) is 1. The molecule has 0 aliphatic heterocycles. The second-order valence-corrected chi connectivity index (χ2v) is 7.27. The second kappa shape index (κ2) is 6.93. The summed E-state index contributed by atoms with van der Waals surface area (Å²) in [5.41, 5.74) is 2.04. The van der Waals surface area contributed by atoms with Gasteiger partial charge in [0.25, 0.3) is 0 Å². The van der Waals surface area contributed by atoms with Gasteiger partial charge in [-0.15, -0.1) is 11.3 Å². The molecule has 1 N–H and O–H groups in total. The Bertz CT molecular complexity index is 1130. The number of thiophene rings is 1. The average molecular weight is 428 g/mol. The summed E-state index contributed by atoms with van der Waals surface area (Å²) in [5, 5.41) is 9.10. The van der Waals surface area contributed by atoms with Gasteiger partial charge in [-0.3, -0.25) is 0 Å². The molecule has 0 saturated carbocycles. The summed E-state index contributed by atoms with van der Waals surface area (Å²) in [7, 11) is 0. The lowest BCUT2D eigenvalue weighted by atomic mass is 10.2. The van der Waals surface area contributed by atoms with E-state index in [9.17, 15) is 4.39 Å². The van der Waals surface area contributed by atoms with Gasteiger partial charge in [0.15, 0.2) is 17.4 Å². The molecule has 2 heterocycles. The number of benzene rings is 2. The zero-order chi connectivity index (χ0) is 18.1. The molecule has 4 rings (SSSR count). The quantitative estimate of drug-likeness (QED) is 0.403. The van der Waals surface area contributed by atoms with Crippen molar-refractivity contribution in [2.45, 2.75) is 0 Å². The summed E-state index contributed by atoms with van der Waals surface area (Å²) in [5.74, 6) is 0.327. The second-order valence-electron chi connectivity index (χ2n) is 5.43. The Kier molecular flexibility index (Phi) is 4.48. The van der Waals surface area contributed by atoms with E-state index in [0.717, 1.165) is 26.5 Å². The van der Waals surface area contributed by atoms with Gasteiger partial charge in [0, 0.05) is 16.3 Å². The molecule has 2 aromatic heterocycles. The van der Waals surface area contributed by atoms with E-state index in [0.29, 0.717) is 17.3 Å². The molecule has 7 heteroatoms. The van der Waals surface area contributed by atoms with E-state index in [1.165, 1.54) is 23.5 Å².